The fourth-order valence-electron chi connectivity index (χ4n) is 2.23. The average Bonchev–Trinajstić information content (AvgIpc) is 2.91. The Morgan fingerprint density at radius 3 is 2.90 bits per heavy atom. The molecule has 0 saturated heterocycles. The molecule has 1 aliphatic rings. The van der Waals surface area contributed by atoms with Gasteiger partial charge in [0.05, 0.1) is 10.5 Å². The van der Waals surface area contributed by atoms with E-state index in [1.807, 2.05) is 0 Å². The van der Waals surface area contributed by atoms with Gasteiger partial charge in [0, 0.05) is 12.6 Å². The quantitative estimate of drug-likeness (QED) is 0.506. The van der Waals surface area contributed by atoms with Gasteiger partial charge in [0.2, 0.25) is 0 Å². The molecular formula is C14H15BrN2O3. The lowest BCUT2D eigenvalue weighted by atomic mass is 10.1. The van der Waals surface area contributed by atoms with Gasteiger partial charge in [-0.25, -0.2) is 0 Å². The van der Waals surface area contributed by atoms with Crippen LogP contribution in [0.2, 0.25) is 0 Å². The first-order chi connectivity index (χ1) is 9.59. The molecule has 1 N–H and O–H groups in total. The largest absolute Gasteiger partial charge is 0.352 e. The van der Waals surface area contributed by atoms with Crippen LogP contribution in [0.1, 0.15) is 36.0 Å². The van der Waals surface area contributed by atoms with E-state index >= 15 is 0 Å². The zero-order valence-corrected chi connectivity index (χ0v) is 12.5. The summed E-state index contributed by atoms with van der Waals surface area (Å²) >= 11 is 3.13. The molecule has 106 valence electrons. The Balaban J connectivity index is 1.98. The average molecular weight is 339 g/mol. The van der Waals surface area contributed by atoms with Crippen molar-refractivity contribution in [1.82, 2.24) is 5.32 Å². The fraction of sp³-hybridized carbons (Fsp3) is 0.357. The topological polar surface area (TPSA) is 72.2 Å². The minimum atomic E-state index is -0.510. The summed E-state index contributed by atoms with van der Waals surface area (Å²) in [6.07, 6.45) is 6.49. The number of nitrogens with zero attached hydrogens (tertiary/aromatic N) is 1. The van der Waals surface area contributed by atoms with Gasteiger partial charge in [-0.2, -0.15) is 0 Å². The molecule has 0 spiro atoms. The number of carbonyl (C=O) groups excluding carboxylic acids is 1. The van der Waals surface area contributed by atoms with Crippen LogP contribution in [0, 0.1) is 10.1 Å². The third kappa shape index (κ3) is 3.45. The van der Waals surface area contributed by atoms with E-state index in [2.05, 4.69) is 27.3 Å². The standard InChI is InChI=1S/C14H15BrN2O3/c15-13-11(6-3-7-12(13)17(19)20)14(18)16-9-8-10-4-1-2-5-10/h3-4,6-7H,1-2,5,8-9H2,(H,16,18). The summed E-state index contributed by atoms with van der Waals surface area (Å²) in [5, 5.41) is 13.6. The van der Waals surface area contributed by atoms with E-state index in [4.69, 9.17) is 0 Å². The number of hydrogen-bond acceptors (Lipinski definition) is 3. The van der Waals surface area contributed by atoms with Gasteiger partial charge in [-0.15, -0.1) is 0 Å². The molecule has 0 saturated carbocycles. The zero-order valence-electron chi connectivity index (χ0n) is 10.9. The van der Waals surface area contributed by atoms with Gasteiger partial charge in [-0.1, -0.05) is 17.7 Å². The van der Waals surface area contributed by atoms with Crippen LogP contribution in [0.15, 0.2) is 34.3 Å². The lowest BCUT2D eigenvalue weighted by Gasteiger charge is -2.07. The predicted octanol–water partition coefficient (Wildman–Crippen LogP) is 3.59. The van der Waals surface area contributed by atoms with Crippen LogP contribution in [-0.2, 0) is 0 Å². The third-order valence-electron chi connectivity index (χ3n) is 3.29. The minimum absolute atomic E-state index is 0.101. The van der Waals surface area contributed by atoms with Crippen LogP contribution in [-0.4, -0.2) is 17.4 Å². The second-order valence-electron chi connectivity index (χ2n) is 4.66. The first-order valence-corrected chi connectivity index (χ1v) is 7.28. The molecule has 0 aromatic heterocycles. The molecule has 2 rings (SSSR count). The molecular weight excluding hydrogens is 324 g/mol. The molecule has 0 radical (unpaired) electrons. The van der Waals surface area contributed by atoms with E-state index in [9.17, 15) is 14.9 Å². The predicted molar refractivity (Wildman–Crippen MR) is 79.7 cm³/mol. The van der Waals surface area contributed by atoms with E-state index < -0.39 is 4.92 Å². The maximum Gasteiger partial charge on any atom is 0.284 e. The number of halogens is 1. The number of amides is 1. The summed E-state index contributed by atoms with van der Waals surface area (Å²) in [7, 11) is 0. The van der Waals surface area contributed by atoms with Crippen molar-refractivity contribution in [2.24, 2.45) is 0 Å². The van der Waals surface area contributed by atoms with E-state index in [-0.39, 0.29) is 16.1 Å². The monoisotopic (exact) mass is 338 g/mol. The normalized spacial score (nSPS) is 13.9. The van der Waals surface area contributed by atoms with Crippen molar-refractivity contribution < 1.29 is 9.72 Å². The van der Waals surface area contributed by atoms with Crippen molar-refractivity contribution in [2.75, 3.05) is 6.54 Å². The van der Waals surface area contributed by atoms with Crippen molar-refractivity contribution in [1.29, 1.82) is 0 Å². The molecule has 20 heavy (non-hydrogen) atoms. The Labute approximate surface area is 125 Å². The molecule has 1 amide bonds. The first-order valence-electron chi connectivity index (χ1n) is 6.48. The Hall–Kier alpha value is -1.69. The highest BCUT2D eigenvalue weighted by molar-refractivity contribution is 9.10. The molecule has 1 aliphatic carbocycles. The lowest BCUT2D eigenvalue weighted by molar-refractivity contribution is -0.385. The molecule has 0 aliphatic heterocycles. The van der Waals surface area contributed by atoms with Crippen LogP contribution >= 0.6 is 15.9 Å². The van der Waals surface area contributed by atoms with Gasteiger partial charge in [0.25, 0.3) is 11.6 Å². The Morgan fingerprint density at radius 1 is 1.45 bits per heavy atom. The molecule has 1 aromatic carbocycles. The van der Waals surface area contributed by atoms with Gasteiger partial charge in [0.15, 0.2) is 0 Å². The second kappa shape index (κ2) is 6.65. The maximum absolute atomic E-state index is 12.0. The highest BCUT2D eigenvalue weighted by Crippen LogP contribution is 2.28. The third-order valence-corrected chi connectivity index (χ3v) is 4.12. The van der Waals surface area contributed by atoms with Crippen LogP contribution in [0.4, 0.5) is 5.69 Å². The van der Waals surface area contributed by atoms with E-state index in [1.165, 1.54) is 24.1 Å². The number of benzene rings is 1. The molecule has 6 heteroatoms. The van der Waals surface area contributed by atoms with Crippen LogP contribution < -0.4 is 5.32 Å². The first kappa shape index (κ1) is 14.7. The SMILES string of the molecule is O=C(NCCC1=CCCC1)c1cccc([N+](=O)[O-])c1Br. The van der Waals surface area contributed by atoms with Crippen molar-refractivity contribution in [3.8, 4) is 0 Å². The van der Waals surface area contributed by atoms with Crippen molar-refractivity contribution in [2.45, 2.75) is 25.7 Å². The molecule has 0 unspecified atom stereocenters. The van der Waals surface area contributed by atoms with Crippen molar-refractivity contribution in [3.05, 3.63) is 50.0 Å². The van der Waals surface area contributed by atoms with E-state index in [1.54, 1.807) is 6.07 Å². The molecule has 1 aromatic rings. The summed E-state index contributed by atoms with van der Waals surface area (Å²) in [6.45, 7) is 0.555. The van der Waals surface area contributed by atoms with Crippen LogP contribution in [0.5, 0.6) is 0 Å². The number of allylic oxidation sites excluding steroid dienone is 1. The van der Waals surface area contributed by atoms with Gasteiger partial charge in [0.1, 0.15) is 4.47 Å². The summed E-state index contributed by atoms with van der Waals surface area (Å²) in [5.41, 5.74) is 1.57. The minimum Gasteiger partial charge on any atom is -0.352 e. The maximum atomic E-state index is 12.0. The highest BCUT2D eigenvalue weighted by atomic mass is 79.9. The number of rotatable bonds is 5. The second-order valence-corrected chi connectivity index (χ2v) is 5.45. The van der Waals surface area contributed by atoms with Crippen LogP contribution in [0.3, 0.4) is 0 Å². The molecule has 0 fully saturated rings. The number of carbonyl (C=O) groups is 1. The summed E-state index contributed by atoms with van der Waals surface area (Å²) in [6, 6.07) is 4.45. The molecule has 5 nitrogen and oxygen atoms in total. The molecule has 0 bridgehead atoms. The highest BCUT2D eigenvalue weighted by Gasteiger charge is 2.19. The molecule has 0 atom stereocenters. The Kier molecular flexibility index (Phi) is 4.89. The number of hydrogen-bond donors (Lipinski definition) is 1. The fourth-order valence-corrected chi connectivity index (χ4v) is 2.82. The van der Waals surface area contributed by atoms with Crippen molar-refractivity contribution in [3.63, 3.8) is 0 Å². The lowest BCUT2D eigenvalue weighted by Crippen LogP contribution is -2.25. The Morgan fingerprint density at radius 2 is 2.25 bits per heavy atom. The number of nitrogens with one attached hydrogen (secondary N) is 1. The van der Waals surface area contributed by atoms with Crippen LogP contribution in [0.25, 0.3) is 0 Å². The van der Waals surface area contributed by atoms with Gasteiger partial charge in [-0.05, 0) is 47.7 Å². The smallest absolute Gasteiger partial charge is 0.284 e. The van der Waals surface area contributed by atoms with Gasteiger partial charge in [-0.3, -0.25) is 14.9 Å². The summed E-state index contributed by atoms with van der Waals surface area (Å²) < 4.78 is 0.225. The zero-order chi connectivity index (χ0) is 14.5. The van der Waals surface area contributed by atoms with Gasteiger partial charge < -0.3 is 5.32 Å². The summed E-state index contributed by atoms with van der Waals surface area (Å²) in [5.74, 6) is -0.292. The number of nitro groups is 1. The number of nitro benzene ring substituents is 1. The summed E-state index contributed by atoms with van der Waals surface area (Å²) in [4.78, 5) is 22.3. The van der Waals surface area contributed by atoms with E-state index in [0.717, 1.165) is 19.3 Å². The molecule has 0 heterocycles. The van der Waals surface area contributed by atoms with Crippen molar-refractivity contribution >= 4 is 27.5 Å². The van der Waals surface area contributed by atoms with Gasteiger partial charge >= 0.3 is 0 Å². The van der Waals surface area contributed by atoms with E-state index in [0.29, 0.717) is 12.1 Å². The Bertz CT molecular complexity index is 570.